The number of hydrogen-bond donors (Lipinski definition) is 2. The van der Waals surface area contributed by atoms with Crippen LogP contribution < -0.4 is 5.32 Å². The zero-order chi connectivity index (χ0) is 13.8. The van der Waals surface area contributed by atoms with E-state index in [0.717, 1.165) is 16.8 Å². The average molecular weight is 263 g/mol. The summed E-state index contributed by atoms with van der Waals surface area (Å²) in [6.45, 7) is 0. The van der Waals surface area contributed by atoms with Gasteiger partial charge in [-0.15, -0.1) is 0 Å². The minimum atomic E-state index is 0.265. The number of anilines is 2. The van der Waals surface area contributed by atoms with Gasteiger partial charge in [-0.3, -0.25) is 0 Å². The third kappa shape index (κ3) is 2.75. The number of phenolic OH excluding ortho intramolecular Hbond substituents is 1. The lowest BCUT2D eigenvalue weighted by molar-refractivity contribution is 0.475. The van der Waals surface area contributed by atoms with Crippen LogP contribution in [0.3, 0.4) is 0 Å². The summed E-state index contributed by atoms with van der Waals surface area (Å²) < 4.78 is 0. The maximum atomic E-state index is 9.32. The van der Waals surface area contributed by atoms with Gasteiger partial charge in [-0.25, -0.2) is 9.97 Å². The number of benzene rings is 2. The van der Waals surface area contributed by atoms with Crippen LogP contribution in [0.5, 0.6) is 5.75 Å². The molecule has 0 saturated carbocycles. The summed E-state index contributed by atoms with van der Waals surface area (Å²) >= 11 is 0. The van der Waals surface area contributed by atoms with Gasteiger partial charge in [0.2, 0.25) is 5.95 Å². The molecule has 3 aromatic rings. The molecule has 0 unspecified atom stereocenters. The van der Waals surface area contributed by atoms with Crippen LogP contribution in [0.1, 0.15) is 0 Å². The first-order valence-corrected chi connectivity index (χ1v) is 6.25. The van der Waals surface area contributed by atoms with Crippen molar-refractivity contribution in [3.63, 3.8) is 0 Å². The highest BCUT2D eigenvalue weighted by molar-refractivity contribution is 5.69. The van der Waals surface area contributed by atoms with Gasteiger partial charge >= 0.3 is 0 Å². The van der Waals surface area contributed by atoms with Gasteiger partial charge in [-0.2, -0.15) is 0 Å². The molecule has 1 aromatic heterocycles. The molecule has 20 heavy (non-hydrogen) atoms. The van der Waals surface area contributed by atoms with Crippen molar-refractivity contribution in [2.75, 3.05) is 5.32 Å². The summed E-state index contributed by atoms with van der Waals surface area (Å²) in [7, 11) is 0. The number of nitrogens with one attached hydrogen (secondary N) is 1. The van der Waals surface area contributed by atoms with Crippen LogP contribution in [0.2, 0.25) is 0 Å². The Morgan fingerprint density at radius 2 is 1.55 bits per heavy atom. The summed E-state index contributed by atoms with van der Waals surface area (Å²) in [6, 6.07) is 16.9. The van der Waals surface area contributed by atoms with Gasteiger partial charge in [0.25, 0.3) is 0 Å². The van der Waals surface area contributed by atoms with E-state index in [1.807, 2.05) is 36.4 Å². The van der Waals surface area contributed by atoms with Crippen molar-refractivity contribution in [3.05, 3.63) is 67.0 Å². The smallest absolute Gasteiger partial charge is 0.227 e. The molecule has 98 valence electrons. The first kappa shape index (κ1) is 12.2. The second kappa shape index (κ2) is 5.40. The molecule has 4 nitrogen and oxygen atoms in total. The number of hydrogen-bond acceptors (Lipinski definition) is 4. The van der Waals surface area contributed by atoms with E-state index in [0.29, 0.717) is 5.95 Å². The molecule has 0 saturated heterocycles. The zero-order valence-corrected chi connectivity index (χ0v) is 10.7. The van der Waals surface area contributed by atoms with E-state index in [4.69, 9.17) is 0 Å². The second-order valence-corrected chi connectivity index (χ2v) is 4.33. The quantitative estimate of drug-likeness (QED) is 0.758. The Morgan fingerprint density at radius 1 is 0.800 bits per heavy atom. The van der Waals surface area contributed by atoms with Gasteiger partial charge in [0.1, 0.15) is 5.75 Å². The fourth-order valence-electron chi connectivity index (χ4n) is 1.92. The molecule has 0 bridgehead atoms. The number of nitrogens with zero attached hydrogens (tertiary/aromatic N) is 2. The van der Waals surface area contributed by atoms with Gasteiger partial charge in [-0.1, -0.05) is 24.3 Å². The molecule has 0 aliphatic heterocycles. The first-order valence-electron chi connectivity index (χ1n) is 6.25. The first-order chi connectivity index (χ1) is 9.81. The highest BCUT2D eigenvalue weighted by atomic mass is 16.3. The molecule has 0 aliphatic carbocycles. The number of aromatic hydroxyl groups is 1. The molecule has 0 atom stereocenters. The van der Waals surface area contributed by atoms with E-state index in [2.05, 4.69) is 15.3 Å². The van der Waals surface area contributed by atoms with Crippen molar-refractivity contribution < 1.29 is 5.11 Å². The van der Waals surface area contributed by atoms with Crippen molar-refractivity contribution in [2.24, 2.45) is 0 Å². The molecule has 4 heteroatoms. The highest BCUT2D eigenvalue weighted by Gasteiger charge is 2.01. The summed E-state index contributed by atoms with van der Waals surface area (Å²) in [6.07, 6.45) is 3.39. The number of phenols is 1. The monoisotopic (exact) mass is 263 g/mol. The number of rotatable bonds is 3. The maximum absolute atomic E-state index is 9.32. The predicted molar refractivity (Wildman–Crippen MR) is 78.9 cm³/mol. The Morgan fingerprint density at radius 3 is 2.30 bits per heavy atom. The van der Waals surface area contributed by atoms with Gasteiger partial charge in [0.15, 0.2) is 0 Å². The van der Waals surface area contributed by atoms with Gasteiger partial charge in [0, 0.05) is 18.1 Å². The van der Waals surface area contributed by atoms with E-state index < -0.39 is 0 Å². The third-order valence-electron chi connectivity index (χ3n) is 2.89. The van der Waals surface area contributed by atoms with Gasteiger partial charge in [-0.05, 0) is 41.5 Å². The van der Waals surface area contributed by atoms with Crippen LogP contribution in [0.4, 0.5) is 11.6 Å². The van der Waals surface area contributed by atoms with Crippen LogP contribution in [0.25, 0.3) is 11.1 Å². The molecule has 0 fully saturated rings. The van der Waals surface area contributed by atoms with Crippen LogP contribution in [0.15, 0.2) is 67.0 Å². The van der Waals surface area contributed by atoms with Crippen LogP contribution >= 0.6 is 0 Å². The molecule has 0 amide bonds. The average Bonchev–Trinajstić information content (AvgIpc) is 2.49. The standard InChI is InChI=1S/C16H13N3O/c20-15-7-5-12(6-8-15)13-3-1-4-14(11-13)19-16-17-9-2-10-18-16/h1-11,20H,(H,17,18,19). The third-order valence-corrected chi connectivity index (χ3v) is 2.89. The van der Waals surface area contributed by atoms with Gasteiger partial charge < -0.3 is 10.4 Å². The maximum Gasteiger partial charge on any atom is 0.227 e. The molecule has 1 heterocycles. The van der Waals surface area contributed by atoms with Crippen molar-refractivity contribution in [1.29, 1.82) is 0 Å². The molecule has 0 spiro atoms. The fraction of sp³-hybridized carbons (Fsp3) is 0. The summed E-state index contributed by atoms with van der Waals surface area (Å²) in [5, 5.41) is 12.5. The summed E-state index contributed by atoms with van der Waals surface area (Å²) in [4.78, 5) is 8.27. The Balaban J connectivity index is 1.88. The summed E-state index contributed by atoms with van der Waals surface area (Å²) in [5.74, 6) is 0.830. The van der Waals surface area contributed by atoms with E-state index in [-0.39, 0.29) is 5.75 Å². The Bertz CT molecular complexity index is 696. The van der Waals surface area contributed by atoms with Crippen molar-refractivity contribution in [2.45, 2.75) is 0 Å². The molecular weight excluding hydrogens is 250 g/mol. The number of aromatic nitrogens is 2. The van der Waals surface area contributed by atoms with Crippen LogP contribution in [-0.2, 0) is 0 Å². The molecular formula is C16H13N3O. The van der Waals surface area contributed by atoms with Gasteiger partial charge in [0.05, 0.1) is 0 Å². The van der Waals surface area contributed by atoms with Crippen LogP contribution in [-0.4, -0.2) is 15.1 Å². The van der Waals surface area contributed by atoms with Crippen molar-refractivity contribution in [3.8, 4) is 16.9 Å². The second-order valence-electron chi connectivity index (χ2n) is 4.33. The lowest BCUT2D eigenvalue weighted by atomic mass is 10.1. The minimum absolute atomic E-state index is 0.265. The topological polar surface area (TPSA) is 58.0 Å². The van der Waals surface area contributed by atoms with E-state index in [1.165, 1.54) is 0 Å². The molecule has 0 aliphatic rings. The lowest BCUT2D eigenvalue weighted by Crippen LogP contribution is -1.95. The Kier molecular flexibility index (Phi) is 3.29. The lowest BCUT2D eigenvalue weighted by Gasteiger charge is -2.07. The fourth-order valence-corrected chi connectivity index (χ4v) is 1.92. The molecule has 0 radical (unpaired) electrons. The minimum Gasteiger partial charge on any atom is -0.508 e. The van der Waals surface area contributed by atoms with E-state index in [9.17, 15) is 5.11 Å². The SMILES string of the molecule is Oc1ccc(-c2cccc(Nc3ncccn3)c2)cc1. The highest BCUT2D eigenvalue weighted by Crippen LogP contribution is 2.25. The molecule has 2 aromatic carbocycles. The van der Waals surface area contributed by atoms with Crippen molar-refractivity contribution in [1.82, 2.24) is 9.97 Å². The molecule has 3 rings (SSSR count). The largest absolute Gasteiger partial charge is 0.508 e. The normalized spacial score (nSPS) is 10.2. The van der Waals surface area contributed by atoms with Crippen molar-refractivity contribution >= 4 is 11.6 Å². The van der Waals surface area contributed by atoms with Crippen LogP contribution in [0, 0.1) is 0 Å². The Labute approximate surface area is 116 Å². The van der Waals surface area contributed by atoms with E-state index in [1.54, 1.807) is 30.6 Å². The Hall–Kier alpha value is -2.88. The molecule has 2 N–H and O–H groups in total. The summed E-state index contributed by atoms with van der Waals surface area (Å²) in [5.41, 5.74) is 3.02. The zero-order valence-electron chi connectivity index (χ0n) is 10.7. The predicted octanol–water partition coefficient (Wildman–Crippen LogP) is 3.59. The van der Waals surface area contributed by atoms with E-state index >= 15 is 0 Å².